The van der Waals surface area contributed by atoms with E-state index >= 15 is 0 Å². The molecule has 2 aromatic carbocycles. The van der Waals surface area contributed by atoms with E-state index in [0.717, 1.165) is 60.8 Å². The highest BCUT2D eigenvalue weighted by Gasteiger charge is 2.33. The summed E-state index contributed by atoms with van der Waals surface area (Å²) in [7, 11) is 0. The maximum absolute atomic E-state index is 13.7. The van der Waals surface area contributed by atoms with Gasteiger partial charge in [-0.3, -0.25) is 9.59 Å². The Bertz CT molecular complexity index is 1410. The summed E-state index contributed by atoms with van der Waals surface area (Å²) >= 11 is 0. The fourth-order valence-electron chi connectivity index (χ4n) is 6.26. The summed E-state index contributed by atoms with van der Waals surface area (Å²) in [6.45, 7) is 14.0. The Labute approximate surface area is 292 Å². The third kappa shape index (κ3) is 11.3. The van der Waals surface area contributed by atoms with Crippen LogP contribution in [0.3, 0.4) is 0 Å². The number of primary amides is 1. The van der Waals surface area contributed by atoms with Crippen LogP contribution in [0, 0.1) is 0 Å². The average Bonchev–Trinajstić information content (AvgIpc) is 3.37. The number of hydrogen-bond donors (Lipinski definition) is 5. The average molecular weight is 682 g/mol. The van der Waals surface area contributed by atoms with Crippen LogP contribution in [0.4, 0.5) is 4.79 Å². The summed E-state index contributed by atoms with van der Waals surface area (Å²) in [5, 5.41) is 6.32. The van der Waals surface area contributed by atoms with Gasteiger partial charge in [0, 0.05) is 29.2 Å². The second kappa shape index (κ2) is 18.5. The molecule has 0 bridgehead atoms. The molecule has 49 heavy (non-hydrogen) atoms. The Kier molecular flexibility index (Phi) is 15.1. The molecule has 4 atom stereocenters. The lowest BCUT2D eigenvalue weighted by molar-refractivity contribution is 0.0132. The SMILES string of the molecule is CCCC(CCN)OCCC(C)(CC)NC(=O)c1ccc2c(c1)C(COC(N)=O)c1cc(C(=O)NC(C)(C)COC(CC)CCN)ccc1-2. The third-order valence-corrected chi connectivity index (χ3v) is 9.44. The number of amides is 3. The normalized spacial score (nSPS) is 16.2. The van der Waals surface area contributed by atoms with E-state index in [2.05, 4.69) is 24.5 Å². The quantitative estimate of drug-likeness (QED) is 0.117. The second-order valence-electron chi connectivity index (χ2n) is 14.0. The summed E-state index contributed by atoms with van der Waals surface area (Å²) < 4.78 is 17.5. The molecule has 0 saturated carbocycles. The van der Waals surface area contributed by atoms with E-state index in [9.17, 15) is 14.4 Å². The van der Waals surface area contributed by atoms with Crippen molar-refractivity contribution in [1.82, 2.24) is 10.6 Å². The Morgan fingerprint density at radius 3 is 1.90 bits per heavy atom. The monoisotopic (exact) mass is 681 g/mol. The first kappa shape index (κ1) is 39.9. The minimum absolute atomic E-state index is 0.0316. The van der Waals surface area contributed by atoms with Crippen molar-refractivity contribution in [2.45, 2.75) is 116 Å². The van der Waals surface area contributed by atoms with E-state index in [0.29, 0.717) is 43.9 Å². The number of nitrogens with two attached hydrogens (primary N) is 3. The first-order valence-electron chi connectivity index (χ1n) is 17.8. The number of benzene rings is 2. The summed E-state index contributed by atoms with van der Waals surface area (Å²) in [6.07, 6.45) is 5.04. The number of ether oxygens (including phenoxy) is 3. The molecule has 0 aromatic heterocycles. The van der Waals surface area contributed by atoms with E-state index in [1.54, 1.807) is 12.1 Å². The van der Waals surface area contributed by atoms with Crippen LogP contribution in [0.25, 0.3) is 11.1 Å². The molecule has 3 rings (SSSR count). The van der Waals surface area contributed by atoms with Crippen LogP contribution in [0.1, 0.15) is 124 Å². The van der Waals surface area contributed by atoms with Gasteiger partial charge in [-0.2, -0.15) is 0 Å². The lowest BCUT2D eigenvalue weighted by Gasteiger charge is -2.30. The molecule has 0 saturated heterocycles. The third-order valence-electron chi connectivity index (χ3n) is 9.44. The number of carbonyl (C=O) groups excluding carboxylic acids is 3. The van der Waals surface area contributed by atoms with E-state index in [-0.39, 0.29) is 30.6 Å². The van der Waals surface area contributed by atoms with Crippen molar-refractivity contribution in [2.75, 3.05) is 32.9 Å². The standard InChI is InChI=1S/C38H59N5O6/c1-7-10-28(16-19-40)47-20-17-38(6,9-3)43-35(45)26-12-14-30-29-13-11-25(21-31(29)33(32(30)22-26)23-48-36(41)46)34(44)42-37(4,5)24-49-27(8-2)15-18-39/h11-14,21-22,27-28,33H,7-10,15-20,23-24,39-40H2,1-6H3,(H2,41,46)(H,42,44)(H,43,45). The van der Waals surface area contributed by atoms with Crippen LogP contribution in [0.5, 0.6) is 0 Å². The van der Waals surface area contributed by atoms with E-state index in [4.69, 9.17) is 31.4 Å². The zero-order valence-corrected chi connectivity index (χ0v) is 30.4. The maximum Gasteiger partial charge on any atom is 0.404 e. The Morgan fingerprint density at radius 1 is 0.816 bits per heavy atom. The number of fused-ring (bicyclic) bond motifs is 3. The summed E-state index contributed by atoms with van der Waals surface area (Å²) in [5.74, 6) is -0.869. The molecule has 0 aliphatic heterocycles. The van der Waals surface area contributed by atoms with Gasteiger partial charge in [0.1, 0.15) is 6.61 Å². The van der Waals surface area contributed by atoms with Crippen molar-refractivity contribution in [3.05, 3.63) is 58.7 Å². The topological polar surface area (TPSA) is 181 Å². The fourth-order valence-corrected chi connectivity index (χ4v) is 6.26. The summed E-state index contributed by atoms with van der Waals surface area (Å²) in [4.78, 5) is 38.8. The van der Waals surface area contributed by atoms with Crippen LogP contribution in [0.15, 0.2) is 36.4 Å². The van der Waals surface area contributed by atoms with Crippen molar-refractivity contribution in [3.63, 3.8) is 0 Å². The van der Waals surface area contributed by atoms with Gasteiger partial charge in [0.15, 0.2) is 0 Å². The van der Waals surface area contributed by atoms with Crippen molar-refractivity contribution in [1.29, 1.82) is 0 Å². The molecule has 11 nitrogen and oxygen atoms in total. The van der Waals surface area contributed by atoms with E-state index in [1.165, 1.54) is 0 Å². The predicted molar refractivity (Wildman–Crippen MR) is 194 cm³/mol. The van der Waals surface area contributed by atoms with Gasteiger partial charge in [0.2, 0.25) is 0 Å². The molecule has 272 valence electrons. The molecule has 0 spiro atoms. The Hall–Kier alpha value is -3.51. The molecule has 2 aromatic rings. The van der Waals surface area contributed by atoms with Gasteiger partial charge < -0.3 is 42.0 Å². The maximum atomic E-state index is 13.7. The summed E-state index contributed by atoms with van der Waals surface area (Å²) in [5.41, 5.74) is 20.1. The number of hydrogen-bond acceptors (Lipinski definition) is 8. The highest BCUT2D eigenvalue weighted by Crippen LogP contribution is 2.45. The number of rotatable bonds is 21. The largest absolute Gasteiger partial charge is 0.449 e. The van der Waals surface area contributed by atoms with Crippen LogP contribution in [-0.2, 0) is 14.2 Å². The van der Waals surface area contributed by atoms with Crippen molar-refractivity contribution < 1.29 is 28.6 Å². The van der Waals surface area contributed by atoms with Gasteiger partial charge in [0.05, 0.1) is 24.4 Å². The molecule has 0 heterocycles. The Balaban J connectivity index is 1.80. The minimum Gasteiger partial charge on any atom is -0.449 e. The van der Waals surface area contributed by atoms with Gasteiger partial charge in [-0.25, -0.2) is 4.79 Å². The molecular formula is C38H59N5O6. The van der Waals surface area contributed by atoms with Gasteiger partial charge in [-0.05, 0) is 119 Å². The molecule has 4 unspecified atom stereocenters. The van der Waals surface area contributed by atoms with Crippen molar-refractivity contribution in [3.8, 4) is 11.1 Å². The van der Waals surface area contributed by atoms with Gasteiger partial charge >= 0.3 is 6.09 Å². The zero-order valence-electron chi connectivity index (χ0n) is 30.4. The molecule has 0 fully saturated rings. The molecule has 11 heteroatoms. The van der Waals surface area contributed by atoms with Gasteiger partial charge in [-0.15, -0.1) is 0 Å². The van der Waals surface area contributed by atoms with Crippen LogP contribution in [-0.4, -0.2) is 74.1 Å². The molecular weight excluding hydrogens is 622 g/mol. The minimum atomic E-state index is -0.895. The first-order chi connectivity index (χ1) is 23.3. The fraction of sp³-hybridized carbons (Fsp3) is 0.605. The lowest BCUT2D eigenvalue weighted by atomic mass is 9.93. The zero-order chi connectivity index (χ0) is 36.2. The smallest absolute Gasteiger partial charge is 0.404 e. The van der Waals surface area contributed by atoms with Crippen LogP contribution in [0.2, 0.25) is 0 Å². The predicted octanol–water partition coefficient (Wildman–Crippen LogP) is 5.37. The van der Waals surface area contributed by atoms with Crippen molar-refractivity contribution >= 4 is 17.9 Å². The highest BCUT2D eigenvalue weighted by molar-refractivity contribution is 5.98. The van der Waals surface area contributed by atoms with Crippen LogP contribution >= 0.6 is 0 Å². The lowest BCUT2D eigenvalue weighted by Crippen LogP contribution is -2.47. The summed E-state index contributed by atoms with van der Waals surface area (Å²) in [6, 6.07) is 11.1. The molecule has 0 radical (unpaired) electrons. The van der Waals surface area contributed by atoms with E-state index < -0.39 is 23.1 Å². The molecule has 8 N–H and O–H groups in total. The first-order valence-corrected chi connectivity index (χ1v) is 17.8. The second-order valence-corrected chi connectivity index (χ2v) is 14.0. The van der Waals surface area contributed by atoms with Gasteiger partial charge in [0.25, 0.3) is 11.8 Å². The molecule has 1 aliphatic rings. The van der Waals surface area contributed by atoms with Crippen molar-refractivity contribution in [2.24, 2.45) is 17.2 Å². The Morgan fingerprint density at radius 2 is 1.39 bits per heavy atom. The number of nitrogens with one attached hydrogen (secondary N) is 2. The van der Waals surface area contributed by atoms with Gasteiger partial charge in [-0.1, -0.05) is 39.3 Å². The highest BCUT2D eigenvalue weighted by atomic mass is 16.5. The molecule has 3 amide bonds. The van der Waals surface area contributed by atoms with Crippen LogP contribution < -0.4 is 27.8 Å². The number of carbonyl (C=O) groups is 3. The van der Waals surface area contributed by atoms with E-state index in [1.807, 2.05) is 52.0 Å². The molecule has 1 aliphatic carbocycles.